The van der Waals surface area contributed by atoms with Crippen molar-refractivity contribution in [1.29, 1.82) is 0 Å². The number of para-hydroxylation sites is 2. The third-order valence-electron chi connectivity index (χ3n) is 6.05. The van der Waals surface area contributed by atoms with Crippen molar-refractivity contribution in [2.75, 3.05) is 13.2 Å². The largest absolute Gasteiger partial charge is 0.492 e. The number of amides is 1. The molecule has 1 amide bonds. The first-order chi connectivity index (χ1) is 14.2. The van der Waals surface area contributed by atoms with E-state index in [1.165, 1.54) is 11.1 Å². The number of hydrogen-bond acceptors (Lipinski definition) is 3. The molecule has 0 bridgehead atoms. The van der Waals surface area contributed by atoms with E-state index in [0.29, 0.717) is 26.1 Å². The molecule has 5 nitrogen and oxygen atoms in total. The second kappa shape index (κ2) is 7.78. The van der Waals surface area contributed by atoms with Gasteiger partial charge in [0.2, 0.25) is 5.91 Å². The third-order valence-corrected chi connectivity index (χ3v) is 6.05. The van der Waals surface area contributed by atoms with E-state index >= 15 is 0 Å². The summed E-state index contributed by atoms with van der Waals surface area (Å²) in [6.07, 6.45) is 0.513. The van der Waals surface area contributed by atoms with Gasteiger partial charge in [-0.05, 0) is 70.0 Å². The zero-order valence-corrected chi connectivity index (χ0v) is 18.6. The first-order valence-corrected chi connectivity index (χ1v) is 10.7. The summed E-state index contributed by atoms with van der Waals surface area (Å²) >= 11 is 0. The van der Waals surface area contributed by atoms with E-state index in [9.17, 15) is 4.79 Å². The normalized spacial score (nSPS) is 17.2. The van der Waals surface area contributed by atoms with Gasteiger partial charge in [-0.3, -0.25) is 4.79 Å². The van der Waals surface area contributed by atoms with Crippen LogP contribution in [-0.2, 0) is 11.3 Å². The summed E-state index contributed by atoms with van der Waals surface area (Å²) in [5, 5.41) is 0. The van der Waals surface area contributed by atoms with Crippen LogP contribution in [0.15, 0.2) is 42.5 Å². The van der Waals surface area contributed by atoms with E-state index in [0.717, 1.165) is 22.6 Å². The maximum atomic E-state index is 12.7. The molecular weight excluding hydrogens is 374 g/mol. The summed E-state index contributed by atoms with van der Waals surface area (Å²) in [4.78, 5) is 19.6. The van der Waals surface area contributed by atoms with Crippen LogP contribution in [0.3, 0.4) is 0 Å². The molecule has 2 heterocycles. The van der Waals surface area contributed by atoms with Crippen LogP contribution in [0.5, 0.6) is 5.75 Å². The van der Waals surface area contributed by atoms with Crippen molar-refractivity contribution in [3.8, 4) is 5.75 Å². The van der Waals surface area contributed by atoms with Crippen LogP contribution in [0.2, 0.25) is 0 Å². The molecule has 1 atom stereocenters. The second-order valence-corrected chi connectivity index (χ2v) is 9.28. The summed E-state index contributed by atoms with van der Waals surface area (Å²) in [7, 11) is 0. The van der Waals surface area contributed by atoms with Crippen LogP contribution in [-0.4, -0.2) is 39.0 Å². The second-order valence-electron chi connectivity index (χ2n) is 9.28. The Kier molecular flexibility index (Phi) is 5.31. The molecule has 1 aromatic heterocycles. The van der Waals surface area contributed by atoms with Crippen LogP contribution in [0.1, 0.15) is 50.1 Å². The highest BCUT2D eigenvalue weighted by molar-refractivity contribution is 5.81. The molecule has 1 aliphatic heterocycles. The molecule has 4 rings (SSSR count). The molecule has 5 heteroatoms. The fourth-order valence-electron chi connectivity index (χ4n) is 4.23. The molecule has 1 unspecified atom stereocenters. The van der Waals surface area contributed by atoms with Crippen LogP contribution in [0.25, 0.3) is 11.0 Å². The fourth-order valence-corrected chi connectivity index (χ4v) is 4.23. The van der Waals surface area contributed by atoms with Crippen molar-refractivity contribution in [3.05, 3.63) is 59.4 Å². The highest BCUT2D eigenvalue weighted by Gasteiger charge is 2.38. The summed E-state index contributed by atoms with van der Waals surface area (Å²) in [5.41, 5.74) is 4.39. The van der Waals surface area contributed by atoms with Gasteiger partial charge in [0.1, 0.15) is 18.2 Å². The van der Waals surface area contributed by atoms with Crippen LogP contribution in [0.4, 0.5) is 0 Å². The molecule has 0 aliphatic carbocycles. The summed E-state index contributed by atoms with van der Waals surface area (Å²) in [5.74, 6) is 2.18. The maximum absolute atomic E-state index is 12.7. The van der Waals surface area contributed by atoms with Crippen molar-refractivity contribution in [2.45, 2.75) is 59.0 Å². The number of nitrogens with zero attached hydrogens (tertiary/aromatic N) is 3. The number of ether oxygens (including phenoxy) is 1. The number of hydrogen-bond donors (Lipinski definition) is 0. The van der Waals surface area contributed by atoms with E-state index in [4.69, 9.17) is 9.72 Å². The highest BCUT2D eigenvalue weighted by Crippen LogP contribution is 2.33. The number of aromatic nitrogens is 2. The van der Waals surface area contributed by atoms with Gasteiger partial charge in [-0.2, -0.15) is 0 Å². The molecule has 0 N–H and O–H groups in total. The van der Waals surface area contributed by atoms with Crippen LogP contribution < -0.4 is 4.74 Å². The molecule has 1 fully saturated rings. The van der Waals surface area contributed by atoms with E-state index in [1.807, 2.05) is 29.2 Å². The Bertz CT molecular complexity index is 1080. The SMILES string of the molecule is Cc1ccc(OCCn2c(C3CC(=O)N(C(C)(C)C)C3)nc3ccccc32)cc1C. The van der Waals surface area contributed by atoms with E-state index in [-0.39, 0.29) is 17.4 Å². The zero-order valence-electron chi connectivity index (χ0n) is 18.6. The molecule has 0 saturated carbocycles. The molecule has 1 saturated heterocycles. The minimum Gasteiger partial charge on any atom is -0.492 e. The van der Waals surface area contributed by atoms with Gasteiger partial charge in [0, 0.05) is 24.4 Å². The Morgan fingerprint density at radius 3 is 2.57 bits per heavy atom. The van der Waals surface area contributed by atoms with Gasteiger partial charge in [0.15, 0.2) is 0 Å². The lowest BCUT2D eigenvalue weighted by molar-refractivity contribution is -0.131. The molecule has 0 spiro atoms. The first kappa shape index (κ1) is 20.5. The van der Waals surface area contributed by atoms with Gasteiger partial charge in [0.05, 0.1) is 17.6 Å². The number of rotatable bonds is 5. The number of carbonyl (C=O) groups is 1. The van der Waals surface area contributed by atoms with Gasteiger partial charge in [-0.15, -0.1) is 0 Å². The molecule has 2 aromatic carbocycles. The number of carbonyl (C=O) groups excluding carboxylic acids is 1. The van der Waals surface area contributed by atoms with Gasteiger partial charge < -0.3 is 14.2 Å². The van der Waals surface area contributed by atoms with Crippen LogP contribution in [0, 0.1) is 13.8 Å². The predicted octanol–water partition coefficient (Wildman–Crippen LogP) is 4.85. The molecule has 30 heavy (non-hydrogen) atoms. The first-order valence-electron chi connectivity index (χ1n) is 10.7. The summed E-state index contributed by atoms with van der Waals surface area (Å²) in [6, 6.07) is 14.4. The Morgan fingerprint density at radius 1 is 1.10 bits per heavy atom. The van der Waals surface area contributed by atoms with Crippen molar-refractivity contribution in [3.63, 3.8) is 0 Å². The Morgan fingerprint density at radius 2 is 1.87 bits per heavy atom. The highest BCUT2D eigenvalue weighted by atomic mass is 16.5. The smallest absolute Gasteiger partial charge is 0.223 e. The number of likely N-dealkylation sites (tertiary alicyclic amines) is 1. The quantitative estimate of drug-likeness (QED) is 0.610. The number of aryl methyl sites for hydroxylation is 2. The Balaban J connectivity index is 1.58. The zero-order chi connectivity index (χ0) is 21.5. The van der Waals surface area contributed by atoms with E-state index < -0.39 is 0 Å². The lowest BCUT2D eigenvalue weighted by Gasteiger charge is -2.32. The standard InChI is InChI=1S/C25H31N3O2/c1-17-10-11-20(14-18(17)2)30-13-12-27-22-9-7-6-8-21(22)26-24(27)19-15-23(29)28(16-19)25(3,4)5/h6-11,14,19H,12-13,15-16H2,1-5H3. The minimum absolute atomic E-state index is 0.103. The van der Waals surface area contributed by atoms with Crippen molar-refractivity contribution in [2.24, 2.45) is 0 Å². The summed E-state index contributed by atoms with van der Waals surface area (Å²) in [6.45, 7) is 12.4. The summed E-state index contributed by atoms with van der Waals surface area (Å²) < 4.78 is 8.29. The van der Waals surface area contributed by atoms with E-state index in [1.54, 1.807) is 0 Å². The average molecular weight is 406 g/mol. The molecular formula is C25H31N3O2. The molecule has 1 aliphatic rings. The number of benzene rings is 2. The van der Waals surface area contributed by atoms with Crippen molar-refractivity contribution in [1.82, 2.24) is 14.5 Å². The van der Waals surface area contributed by atoms with Crippen molar-refractivity contribution >= 4 is 16.9 Å². The topological polar surface area (TPSA) is 47.4 Å². The van der Waals surface area contributed by atoms with Gasteiger partial charge in [0.25, 0.3) is 0 Å². The average Bonchev–Trinajstić information content (AvgIpc) is 3.25. The Labute approximate surface area is 178 Å². The lowest BCUT2D eigenvalue weighted by atomic mass is 10.1. The lowest BCUT2D eigenvalue weighted by Crippen LogP contribution is -2.42. The fraction of sp³-hybridized carbons (Fsp3) is 0.440. The van der Waals surface area contributed by atoms with Gasteiger partial charge in [-0.25, -0.2) is 4.98 Å². The minimum atomic E-state index is -0.172. The number of imidazole rings is 1. The number of fused-ring (bicyclic) bond motifs is 1. The molecule has 0 radical (unpaired) electrons. The van der Waals surface area contributed by atoms with Gasteiger partial charge in [-0.1, -0.05) is 18.2 Å². The van der Waals surface area contributed by atoms with Gasteiger partial charge >= 0.3 is 0 Å². The van der Waals surface area contributed by atoms with Crippen LogP contribution >= 0.6 is 0 Å². The van der Waals surface area contributed by atoms with E-state index in [2.05, 4.69) is 57.4 Å². The van der Waals surface area contributed by atoms with Crippen molar-refractivity contribution < 1.29 is 9.53 Å². The monoisotopic (exact) mass is 405 g/mol. The molecule has 158 valence electrons. The maximum Gasteiger partial charge on any atom is 0.223 e. The Hall–Kier alpha value is -2.82. The predicted molar refractivity (Wildman–Crippen MR) is 120 cm³/mol. The molecule has 3 aromatic rings. The third kappa shape index (κ3) is 3.93.